The number of allylic oxidation sites excluding steroid dienone is 1. The molecule has 0 saturated heterocycles. The summed E-state index contributed by atoms with van der Waals surface area (Å²) in [6.45, 7) is 6.54. The number of amides is 1. The molecule has 164 valence electrons. The molecular formula is C25H27N5O2. The van der Waals surface area contributed by atoms with E-state index in [0.717, 1.165) is 39.5 Å². The van der Waals surface area contributed by atoms with Gasteiger partial charge in [0.05, 0.1) is 18.5 Å². The molecule has 4 rings (SSSR count). The molecule has 7 heteroatoms. The third kappa shape index (κ3) is 3.66. The second-order valence-electron chi connectivity index (χ2n) is 8.06. The zero-order valence-corrected chi connectivity index (χ0v) is 18.8. The Morgan fingerprint density at radius 2 is 1.72 bits per heavy atom. The monoisotopic (exact) mass is 429 g/mol. The van der Waals surface area contributed by atoms with Crippen LogP contribution in [0.5, 0.6) is 5.75 Å². The van der Waals surface area contributed by atoms with Crippen molar-refractivity contribution in [1.29, 1.82) is 5.41 Å². The number of carbonyl (C=O) groups is 1. The summed E-state index contributed by atoms with van der Waals surface area (Å²) in [7, 11) is 5.30. The molecule has 7 nitrogen and oxygen atoms in total. The van der Waals surface area contributed by atoms with E-state index in [-0.39, 0.29) is 5.91 Å². The number of carbonyl (C=O) groups excluding carboxylic acids is 1. The van der Waals surface area contributed by atoms with Gasteiger partial charge in [0.15, 0.2) is 0 Å². The van der Waals surface area contributed by atoms with Crippen LogP contribution in [0.25, 0.3) is 11.3 Å². The van der Waals surface area contributed by atoms with Gasteiger partial charge in [-0.3, -0.25) is 10.2 Å². The van der Waals surface area contributed by atoms with Gasteiger partial charge in [0.1, 0.15) is 17.3 Å². The van der Waals surface area contributed by atoms with E-state index in [9.17, 15) is 4.79 Å². The van der Waals surface area contributed by atoms with Crippen molar-refractivity contribution >= 4 is 23.0 Å². The molecule has 2 heterocycles. The van der Waals surface area contributed by atoms with Crippen LogP contribution in [-0.2, 0) is 6.42 Å². The number of amidine groups is 1. The normalized spacial score (nSPS) is 13.0. The summed E-state index contributed by atoms with van der Waals surface area (Å²) < 4.78 is 6.97. The van der Waals surface area contributed by atoms with Gasteiger partial charge >= 0.3 is 0 Å². The number of methoxy groups -OCH3 is 1. The Morgan fingerprint density at radius 3 is 2.28 bits per heavy atom. The Bertz CT molecular complexity index is 1190. The van der Waals surface area contributed by atoms with E-state index in [2.05, 4.69) is 6.58 Å². The summed E-state index contributed by atoms with van der Waals surface area (Å²) in [6, 6.07) is 15.0. The number of nitrogens with zero attached hydrogens (tertiary/aromatic N) is 4. The largest absolute Gasteiger partial charge is 0.497 e. The van der Waals surface area contributed by atoms with Crippen molar-refractivity contribution in [3.8, 4) is 11.4 Å². The van der Waals surface area contributed by atoms with Gasteiger partial charge in [-0.25, -0.2) is 4.68 Å². The zero-order chi connectivity index (χ0) is 23.0. The van der Waals surface area contributed by atoms with E-state index < -0.39 is 0 Å². The lowest BCUT2D eigenvalue weighted by molar-refractivity contribution is 0.0973. The fraction of sp³-hybridized carbons (Fsp3) is 0.240. The van der Waals surface area contributed by atoms with Crippen LogP contribution in [-0.4, -0.2) is 54.2 Å². The smallest absolute Gasteiger partial charge is 0.277 e. The summed E-state index contributed by atoms with van der Waals surface area (Å²) in [5.41, 5.74) is 5.50. The van der Waals surface area contributed by atoms with Gasteiger partial charge in [-0.15, -0.1) is 0 Å². The molecule has 1 aliphatic heterocycles. The average molecular weight is 430 g/mol. The predicted molar refractivity (Wildman–Crippen MR) is 127 cm³/mol. The van der Waals surface area contributed by atoms with Gasteiger partial charge in [0, 0.05) is 37.5 Å². The zero-order valence-electron chi connectivity index (χ0n) is 18.8. The fourth-order valence-corrected chi connectivity index (χ4v) is 3.92. The molecule has 0 unspecified atom stereocenters. The van der Waals surface area contributed by atoms with E-state index in [1.54, 1.807) is 21.6 Å². The fourth-order valence-electron chi connectivity index (χ4n) is 3.92. The first-order valence-corrected chi connectivity index (χ1v) is 10.4. The van der Waals surface area contributed by atoms with Gasteiger partial charge < -0.3 is 14.5 Å². The highest BCUT2D eigenvalue weighted by Gasteiger charge is 2.33. The second-order valence-corrected chi connectivity index (χ2v) is 8.06. The van der Waals surface area contributed by atoms with Crippen molar-refractivity contribution in [3.63, 3.8) is 0 Å². The van der Waals surface area contributed by atoms with E-state index in [1.165, 1.54) is 0 Å². The maximum Gasteiger partial charge on any atom is 0.277 e. The van der Waals surface area contributed by atoms with Crippen molar-refractivity contribution < 1.29 is 9.53 Å². The third-order valence-corrected chi connectivity index (χ3v) is 5.64. The molecule has 0 spiro atoms. The Hall–Kier alpha value is -3.87. The lowest BCUT2D eigenvalue weighted by Gasteiger charge is -2.28. The highest BCUT2D eigenvalue weighted by atomic mass is 16.5. The highest BCUT2D eigenvalue weighted by molar-refractivity contribution is 6.08. The molecule has 0 bridgehead atoms. The van der Waals surface area contributed by atoms with Crippen LogP contribution in [0.15, 0.2) is 55.1 Å². The second kappa shape index (κ2) is 8.34. The molecule has 0 aliphatic carbocycles. The number of fused-ring (bicyclic) bond motifs is 1. The summed E-state index contributed by atoms with van der Waals surface area (Å²) in [6.07, 6.45) is 0.689. The Morgan fingerprint density at radius 1 is 1.09 bits per heavy atom. The lowest BCUT2D eigenvalue weighted by atomic mass is 10.00. The first-order chi connectivity index (χ1) is 15.3. The number of hydrogen-bond acceptors (Lipinski definition) is 4. The molecule has 0 atom stereocenters. The number of benzene rings is 2. The number of rotatable bonds is 5. The molecule has 1 aliphatic rings. The van der Waals surface area contributed by atoms with Gasteiger partial charge in [-0.1, -0.05) is 6.58 Å². The van der Waals surface area contributed by atoms with Gasteiger partial charge in [-0.05, 0) is 67.4 Å². The molecule has 1 aromatic heterocycles. The number of aromatic nitrogens is 2. The molecule has 0 saturated carbocycles. The van der Waals surface area contributed by atoms with Crippen LogP contribution in [0.3, 0.4) is 0 Å². The minimum atomic E-state index is -0.0995. The van der Waals surface area contributed by atoms with E-state index >= 15 is 0 Å². The van der Waals surface area contributed by atoms with Crippen LogP contribution in [0.2, 0.25) is 0 Å². The molecule has 0 fully saturated rings. The van der Waals surface area contributed by atoms with E-state index in [1.807, 2.05) is 69.6 Å². The summed E-state index contributed by atoms with van der Waals surface area (Å²) in [4.78, 5) is 17.2. The summed E-state index contributed by atoms with van der Waals surface area (Å²) in [5, 5.41) is 12.9. The third-order valence-electron chi connectivity index (χ3n) is 5.64. The lowest BCUT2D eigenvalue weighted by Crippen LogP contribution is -2.38. The summed E-state index contributed by atoms with van der Waals surface area (Å²) >= 11 is 0. The average Bonchev–Trinajstić information content (AvgIpc) is 3.20. The van der Waals surface area contributed by atoms with Crippen molar-refractivity contribution in [2.45, 2.75) is 13.3 Å². The first kappa shape index (κ1) is 21.4. The van der Waals surface area contributed by atoms with Crippen LogP contribution in [0, 0.1) is 5.41 Å². The molecule has 1 N–H and O–H groups in total. The van der Waals surface area contributed by atoms with Crippen LogP contribution >= 0.6 is 0 Å². The maximum absolute atomic E-state index is 13.7. The first-order valence-electron chi connectivity index (χ1n) is 10.4. The molecule has 3 aromatic rings. The maximum atomic E-state index is 13.7. The van der Waals surface area contributed by atoms with E-state index in [4.69, 9.17) is 15.2 Å². The SMILES string of the molecule is C=C(C)c1nn(-c2ccc(OC)cc2)c2c1CCN(c1ccc(C(=N)N(C)C)cc1)C2=O. The Labute approximate surface area is 188 Å². The summed E-state index contributed by atoms with van der Waals surface area (Å²) in [5.74, 6) is 1.07. The number of nitrogens with one attached hydrogen (secondary N) is 1. The number of hydrogen-bond donors (Lipinski definition) is 1. The number of ether oxygens (including phenoxy) is 1. The minimum absolute atomic E-state index is 0.0995. The number of anilines is 1. The Balaban J connectivity index is 1.74. The molecular weight excluding hydrogens is 402 g/mol. The van der Waals surface area contributed by atoms with Gasteiger partial charge in [0.25, 0.3) is 5.91 Å². The van der Waals surface area contributed by atoms with Gasteiger partial charge in [-0.2, -0.15) is 5.10 Å². The van der Waals surface area contributed by atoms with Crippen LogP contribution in [0.1, 0.15) is 34.2 Å². The van der Waals surface area contributed by atoms with E-state index in [0.29, 0.717) is 24.5 Å². The van der Waals surface area contributed by atoms with Crippen molar-refractivity contribution in [2.24, 2.45) is 0 Å². The van der Waals surface area contributed by atoms with Crippen LogP contribution < -0.4 is 9.64 Å². The molecule has 2 aromatic carbocycles. The van der Waals surface area contributed by atoms with Crippen LogP contribution in [0.4, 0.5) is 5.69 Å². The van der Waals surface area contributed by atoms with Gasteiger partial charge in [0.2, 0.25) is 0 Å². The predicted octanol–water partition coefficient (Wildman–Crippen LogP) is 4.00. The highest BCUT2D eigenvalue weighted by Crippen LogP contribution is 2.31. The van der Waals surface area contributed by atoms with Crippen molar-refractivity contribution in [1.82, 2.24) is 14.7 Å². The quantitative estimate of drug-likeness (QED) is 0.491. The topological polar surface area (TPSA) is 74.5 Å². The molecule has 0 radical (unpaired) electrons. The Kier molecular flexibility index (Phi) is 5.57. The van der Waals surface area contributed by atoms with Crippen molar-refractivity contribution in [2.75, 3.05) is 32.6 Å². The standard InChI is InChI=1S/C25H27N5O2/c1-16(2)22-21-14-15-29(18-8-6-17(7-9-18)24(26)28(3)4)25(31)23(21)30(27-22)19-10-12-20(32-5)13-11-19/h6-13,26H,1,14-15H2,2-5H3. The molecule has 1 amide bonds. The molecule has 32 heavy (non-hydrogen) atoms. The minimum Gasteiger partial charge on any atom is -0.497 e. The van der Waals surface area contributed by atoms with Crippen molar-refractivity contribution in [3.05, 3.63) is 77.6 Å².